The Balaban J connectivity index is 1.58. The van der Waals surface area contributed by atoms with E-state index in [9.17, 15) is 19.2 Å². The van der Waals surface area contributed by atoms with Crippen LogP contribution < -0.4 is 11.1 Å². The fourth-order valence-electron chi connectivity index (χ4n) is 2.94. The molecule has 0 bridgehead atoms. The van der Waals surface area contributed by atoms with Crippen LogP contribution in [-0.2, 0) is 35.1 Å². The molecule has 10 nitrogen and oxygen atoms in total. The van der Waals surface area contributed by atoms with Gasteiger partial charge < -0.3 is 20.5 Å². The third-order valence-electron chi connectivity index (χ3n) is 4.48. The van der Waals surface area contributed by atoms with Crippen molar-refractivity contribution in [1.29, 1.82) is 0 Å². The predicted octanol–water partition coefficient (Wildman–Crippen LogP) is 1.03. The van der Waals surface area contributed by atoms with Gasteiger partial charge in [0.15, 0.2) is 5.13 Å². The molecule has 3 N–H and O–H groups in total. The van der Waals surface area contributed by atoms with Crippen LogP contribution in [-0.4, -0.2) is 57.1 Å². The molecule has 1 aromatic rings. The molecule has 0 radical (unpaired) electrons. The summed E-state index contributed by atoms with van der Waals surface area (Å²) in [5, 5.41) is 4.23. The van der Waals surface area contributed by atoms with Crippen LogP contribution in [0.25, 0.3) is 0 Å². The maximum absolute atomic E-state index is 12.7. The third kappa shape index (κ3) is 5.18. The Morgan fingerprint density at radius 1 is 1.29 bits per heavy atom. The highest BCUT2D eigenvalue weighted by molar-refractivity contribution is 8.00. The average Bonchev–Trinajstić information content (AvgIpc) is 3.08. The van der Waals surface area contributed by atoms with E-state index < -0.39 is 41.5 Å². The quantitative estimate of drug-likeness (QED) is 0.356. The van der Waals surface area contributed by atoms with Gasteiger partial charge in [0.25, 0.3) is 5.91 Å². The molecular weight excluding hydrogens is 444 g/mol. The number of rotatable bonds is 6. The molecule has 2 aliphatic rings. The summed E-state index contributed by atoms with van der Waals surface area (Å²) in [5.41, 5.74) is 5.45. The SMILES string of the molecule is CC1C=C(C(=O)OCOC(=O)C(C)(C)C)N2C(=O)C(NC(=O)Cc3csc(N)n3)[C@@H]2S1. The maximum atomic E-state index is 12.7. The van der Waals surface area contributed by atoms with E-state index in [1.54, 1.807) is 32.2 Å². The molecule has 3 atom stereocenters. The minimum Gasteiger partial charge on any atom is -0.427 e. The van der Waals surface area contributed by atoms with Crippen molar-refractivity contribution in [3.63, 3.8) is 0 Å². The second kappa shape index (κ2) is 8.87. The number of hydrogen-bond acceptors (Lipinski definition) is 10. The molecule has 3 heterocycles. The lowest BCUT2D eigenvalue weighted by atomic mass is 9.98. The zero-order chi connectivity index (χ0) is 22.9. The number of amides is 2. The minimum atomic E-state index is -0.769. The van der Waals surface area contributed by atoms with Crippen LogP contribution in [0.4, 0.5) is 5.13 Å². The number of nitrogens with one attached hydrogen (secondary N) is 1. The van der Waals surface area contributed by atoms with E-state index in [2.05, 4.69) is 10.3 Å². The van der Waals surface area contributed by atoms with Crippen molar-refractivity contribution in [2.24, 2.45) is 5.41 Å². The lowest BCUT2D eigenvalue weighted by molar-refractivity contribution is -0.173. The molecule has 2 aliphatic heterocycles. The number of nitrogen functional groups attached to an aromatic ring is 1. The Hall–Kier alpha value is -2.60. The van der Waals surface area contributed by atoms with Gasteiger partial charge in [0.05, 0.1) is 17.5 Å². The average molecular weight is 469 g/mol. The lowest BCUT2D eigenvalue weighted by Crippen LogP contribution is -2.70. The molecule has 2 unspecified atom stereocenters. The molecule has 0 saturated carbocycles. The molecule has 1 fully saturated rings. The van der Waals surface area contributed by atoms with Crippen LogP contribution in [0.5, 0.6) is 0 Å². The molecule has 1 saturated heterocycles. The highest BCUT2D eigenvalue weighted by Gasteiger charge is 2.54. The highest BCUT2D eigenvalue weighted by Crippen LogP contribution is 2.41. The summed E-state index contributed by atoms with van der Waals surface area (Å²) in [6.45, 7) is 6.37. The standard InChI is InChI=1S/C19H24N4O6S2/c1-9-5-11(16(26)28-8-29-17(27)19(2,3)4)23-14(25)13(15(23)31-9)22-12(24)6-10-7-30-18(20)21-10/h5,7,9,13,15H,6,8H2,1-4H3,(H2,20,21)(H,22,24)/t9?,13?,15-/m0/s1. The van der Waals surface area contributed by atoms with Crippen molar-refractivity contribution in [2.75, 3.05) is 12.5 Å². The van der Waals surface area contributed by atoms with E-state index in [0.717, 1.165) is 0 Å². The second-order valence-electron chi connectivity index (χ2n) is 8.12. The summed E-state index contributed by atoms with van der Waals surface area (Å²) in [7, 11) is 0. The molecule has 12 heteroatoms. The number of thiazole rings is 1. The van der Waals surface area contributed by atoms with Gasteiger partial charge in [0.2, 0.25) is 12.7 Å². The predicted molar refractivity (Wildman–Crippen MR) is 114 cm³/mol. The van der Waals surface area contributed by atoms with Crippen molar-refractivity contribution in [1.82, 2.24) is 15.2 Å². The van der Waals surface area contributed by atoms with Gasteiger partial charge in [-0.1, -0.05) is 0 Å². The summed E-state index contributed by atoms with van der Waals surface area (Å²) < 4.78 is 9.98. The van der Waals surface area contributed by atoms with Crippen LogP contribution in [0.2, 0.25) is 0 Å². The molecule has 1 aromatic heterocycles. The largest absolute Gasteiger partial charge is 0.427 e. The fraction of sp³-hybridized carbons (Fsp3) is 0.526. The van der Waals surface area contributed by atoms with Gasteiger partial charge in [-0.05, 0) is 33.8 Å². The smallest absolute Gasteiger partial charge is 0.357 e. The molecule has 168 valence electrons. The van der Waals surface area contributed by atoms with Crippen molar-refractivity contribution in [3.8, 4) is 0 Å². The number of anilines is 1. The maximum Gasteiger partial charge on any atom is 0.357 e. The number of thioether (sulfide) groups is 1. The van der Waals surface area contributed by atoms with E-state index in [4.69, 9.17) is 15.2 Å². The lowest BCUT2D eigenvalue weighted by Gasteiger charge is -2.49. The minimum absolute atomic E-state index is 0.00824. The van der Waals surface area contributed by atoms with Crippen LogP contribution >= 0.6 is 23.1 Å². The first-order chi connectivity index (χ1) is 14.5. The number of carbonyl (C=O) groups excluding carboxylic acids is 4. The van der Waals surface area contributed by atoms with Gasteiger partial charge in [0, 0.05) is 10.6 Å². The molecular formula is C19H24N4O6S2. The zero-order valence-electron chi connectivity index (χ0n) is 17.5. The number of fused-ring (bicyclic) bond motifs is 1. The number of nitrogens with zero attached hydrogens (tertiary/aromatic N) is 2. The number of carbonyl (C=O) groups is 4. The Kier molecular flexibility index (Phi) is 6.60. The number of ether oxygens (including phenoxy) is 2. The summed E-state index contributed by atoms with van der Waals surface area (Å²) in [6, 6.07) is -0.758. The van der Waals surface area contributed by atoms with Crippen LogP contribution in [0, 0.1) is 5.41 Å². The van der Waals surface area contributed by atoms with E-state index in [1.807, 2.05) is 6.92 Å². The van der Waals surface area contributed by atoms with Gasteiger partial charge >= 0.3 is 11.9 Å². The number of nitrogens with two attached hydrogens (primary N) is 1. The summed E-state index contributed by atoms with van der Waals surface area (Å²) in [6.07, 6.45) is 1.62. The first-order valence-corrected chi connectivity index (χ1v) is 11.3. The van der Waals surface area contributed by atoms with Gasteiger partial charge in [-0.15, -0.1) is 23.1 Å². The first kappa shape index (κ1) is 23.1. The van der Waals surface area contributed by atoms with Crippen molar-refractivity contribution < 1.29 is 28.7 Å². The molecule has 31 heavy (non-hydrogen) atoms. The monoisotopic (exact) mass is 468 g/mol. The van der Waals surface area contributed by atoms with Crippen LogP contribution in [0.3, 0.4) is 0 Å². The van der Waals surface area contributed by atoms with Gasteiger partial charge in [0.1, 0.15) is 17.1 Å². The Morgan fingerprint density at radius 3 is 2.61 bits per heavy atom. The Bertz CT molecular complexity index is 938. The summed E-state index contributed by atoms with van der Waals surface area (Å²) in [5.74, 6) is -2.05. The molecule has 0 spiro atoms. The third-order valence-corrected chi connectivity index (χ3v) is 6.53. The number of esters is 2. The summed E-state index contributed by atoms with van der Waals surface area (Å²) >= 11 is 2.68. The van der Waals surface area contributed by atoms with Crippen molar-refractivity contribution in [2.45, 2.75) is 50.8 Å². The van der Waals surface area contributed by atoms with Crippen molar-refractivity contribution in [3.05, 3.63) is 22.8 Å². The Labute approximate surface area is 187 Å². The zero-order valence-corrected chi connectivity index (χ0v) is 19.2. The molecule has 3 rings (SSSR count). The van der Waals surface area contributed by atoms with E-state index in [0.29, 0.717) is 10.8 Å². The van der Waals surface area contributed by atoms with E-state index in [1.165, 1.54) is 28.0 Å². The van der Waals surface area contributed by atoms with Crippen LogP contribution in [0.1, 0.15) is 33.4 Å². The first-order valence-electron chi connectivity index (χ1n) is 9.51. The van der Waals surface area contributed by atoms with Crippen molar-refractivity contribution >= 4 is 52.0 Å². The van der Waals surface area contributed by atoms with Gasteiger partial charge in [-0.2, -0.15) is 0 Å². The molecule has 0 aromatic carbocycles. The van der Waals surface area contributed by atoms with Gasteiger partial charge in [-0.3, -0.25) is 19.3 Å². The fourth-order valence-corrected chi connectivity index (χ4v) is 4.83. The highest BCUT2D eigenvalue weighted by atomic mass is 32.2. The van der Waals surface area contributed by atoms with Crippen LogP contribution in [0.15, 0.2) is 17.2 Å². The van der Waals surface area contributed by atoms with Gasteiger partial charge in [-0.25, -0.2) is 9.78 Å². The number of aromatic nitrogens is 1. The topological polar surface area (TPSA) is 141 Å². The second-order valence-corrected chi connectivity index (χ2v) is 10.5. The normalized spacial score (nSPS) is 22.7. The summed E-state index contributed by atoms with van der Waals surface area (Å²) in [4.78, 5) is 54.6. The van der Waals surface area contributed by atoms with E-state index in [-0.39, 0.29) is 23.3 Å². The number of hydrogen-bond donors (Lipinski definition) is 2. The molecule has 0 aliphatic carbocycles. The molecule has 2 amide bonds. The van der Waals surface area contributed by atoms with E-state index >= 15 is 0 Å². The Morgan fingerprint density at radius 2 is 2.00 bits per heavy atom. The number of β-lactam (4-membered cyclic amide) rings is 1.